The van der Waals surface area contributed by atoms with Gasteiger partial charge in [-0.05, 0) is 38.8 Å². The predicted molar refractivity (Wildman–Crippen MR) is 119 cm³/mol. The van der Waals surface area contributed by atoms with E-state index in [1.807, 2.05) is 11.8 Å². The van der Waals surface area contributed by atoms with E-state index in [9.17, 15) is 18.8 Å². The van der Waals surface area contributed by atoms with Crippen molar-refractivity contribution in [1.82, 2.24) is 15.2 Å². The Hall–Kier alpha value is -3.15. The molecule has 0 radical (unpaired) electrons. The molecule has 0 bridgehead atoms. The summed E-state index contributed by atoms with van der Waals surface area (Å²) in [5.41, 5.74) is 0.847. The van der Waals surface area contributed by atoms with Crippen LogP contribution in [0.15, 0.2) is 29.2 Å². The number of urea groups is 1. The molecule has 174 valence electrons. The maximum Gasteiger partial charge on any atom is 0.337 e. The van der Waals surface area contributed by atoms with Gasteiger partial charge in [-0.1, -0.05) is 24.8 Å². The SMILES string of the molecule is CCC1=NN(C(=O)NCCC(=O)OC(C)C)CC1N1CCCC1=O.FC1=CC=CC#CC1. The largest absolute Gasteiger partial charge is 0.463 e. The highest BCUT2D eigenvalue weighted by Gasteiger charge is 2.37. The van der Waals surface area contributed by atoms with Gasteiger partial charge in [0, 0.05) is 19.5 Å². The number of amides is 3. The van der Waals surface area contributed by atoms with E-state index in [1.54, 1.807) is 26.0 Å². The summed E-state index contributed by atoms with van der Waals surface area (Å²) in [5, 5.41) is 8.36. The van der Waals surface area contributed by atoms with Crippen molar-refractivity contribution < 1.29 is 23.5 Å². The summed E-state index contributed by atoms with van der Waals surface area (Å²) in [5.74, 6) is 4.89. The Morgan fingerprint density at radius 1 is 1.41 bits per heavy atom. The van der Waals surface area contributed by atoms with Crippen molar-refractivity contribution >= 4 is 23.6 Å². The molecule has 2 aliphatic heterocycles. The normalized spacial score (nSPS) is 19.4. The van der Waals surface area contributed by atoms with Gasteiger partial charge in [-0.15, -0.1) is 0 Å². The van der Waals surface area contributed by atoms with Crippen LogP contribution < -0.4 is 5.32 Å². The van der Waals surface area contributed by atoms with Crippen LogP contribution in [0, 0.1) is 11.8 Å². The Labute approximate surface area is 188 Å². The molecule has 0 spiro atoms. The fourth-order valence-corrected chi connectivity index (χ4v) is 3.38. The molecule has 1 atom stereocenters. The van der Waals surface area contributed by atoms with Gasteiger partial charge in [0.15, 0.2) is 0 Å². The van der Waals surface area contributed by atoms with Gasteiger partial charge in [0.1, 0.15) is 5.83 Å². The van der Waals surface area contributed by atoms with Crippen LogP contribution in [0.1, 0.15) is 52.9 Å². The Morgan fingerprint density at radius 3 is 2.84 bits per heavy atom. The van der Waals surface area contributed by atoms with E-state index >= 15 is 0 Å². The summed E-state index contributed by atoms with van der Waals surface area (Å²) in [7, 11) is 0. The highest BCUT2D eigenvalue weighted by Crippen LogP contribution is 2.21. The van der Waals surface area contributed by atoms with Crippen molar-refractivity contribution in [3.63, 3.8) is 0 Å². The molecule has 1 fully saturated rings. The van der Waals surface area contributed by atoms with Crippen LogP contribution in [-0.4, -0.2) is 65.3 Å². The van der Waals surface area contributed by atoms with E-state index in [-0.39, 0.29) is 55.3 Å². The van der Waals surface area contributed by atoms with Crippen LogP contribution in [0.5, 0.6) is 0 Å². The Kier molecular flexibility index (Phi) is 9.92. The molecule has 1 unspecified atom stereocenters. The molecular weight excluding hydrogens is 415 g/mol. The van der Waals surface area contributed by atoms with Crippen LogP contribution in [-0.2, 0) is 14.3 Å². The standard InChI is InChI=1S/C16H26N4O4.C7H5F/c1-4-12-13(19-9-5-6-14(19)21)10-20(18-12)16(23)17-8-7-15(22)24-11(2)3;8-7-5-3-1-2-4-6-7/h11,13H,4-10H2,1-3H3,(H,17,23);1,3,5H,6H2. The zero-order valence-electron chi connectivity index (χ0n) is 18.9. The van der Waals surface area contributed by atoms with Crippen LogP contribution in [0.3, 0.4) is 0 Å². The van der Waals surface area contributed by atoms with Crippen LogP contribution in [0.2, 0.25) is 0 Å². The van der Waals surface area contributed by atoms with Gasteiger partial charge >= 0.3 is 12.0 Å². The Bertz CT molecular complexity index is 854. The monoisotopic (exact) mass is 446 g/mol. The summed E-state index contributed by atoms with van der Waals surface area (Å²) >= 11 is 0. The smallest absolute Gasteiger partial charge is 0.337 e. The van der Waals surface area contributed by atoms with Crippen LogP contribution >= 0.6 is 0 Å². The maximum absolute atomic E-state index is 12.2. The van der Waals surface area contributed by atoms with Gasteiger partial charge in [0.25, 0.3) is 0 Å². The molecule has 0 aromatic heterocycles. The summed E-state index contributed by atoms with van der Waals surface area (Å²) < 4.78 is 17.2. The lowest BCUT2D eigenvalue weighted by atomic mass is 10.1. The molecule has 32 heavy (non-hydrogen) atoms. The minimum atomic E-state index is -0.354. The number of halogens is 1. The quantitative estimate of drug-likeness (QED) is 0.502. The number of hydrogen-bond donors (Lipinski definition) is 1. The number of carbonyl (C=O) groups excluding carboxylic acids is 3. The van der Waals surface area contributed by atoms with Gasteiger partial charge in [-0.3, -0.25) is 9.59 Å². The molecule has 9 heteroatoms. The number of esters is 1. The van der Waals surface area contributed by atoms with Crippen molar-refractivity contribution in [2.45, 2.75) is 65.0 Å². The molecule has 0 aromatic rings. The van der Waals surface area contributed by atoms with E-state index < -0.39 is 0 Å². The van der Waals surface area contributed by atoms with E-state index in [2.05, 4.69) is 22.3 Å². The van der Waals surface area contributed by atoms with Crippen molar-refractivity contribution in [3.8, 4) is 11.8 Å². The topological polar surface area (TPSA) is 91.3 Å². The second kappa shape index (κ2) is 12.6. The summed E-state index contributed by atoms with van der Waals surface area (Å²) in [6, 6.07) is -0.478. The zero-order valence-corrected chi connectivity index (χ0v) is 18.9. The van der Waals surface area contributed by atoms with Gasteiger partial charge in [-0.25, -0.2) is 14.2 Å². The predicted octanol–water partition coefficient (Wildman–Crippen LogP) is 2.91. The fraction of sp³-hybridized carbons (Fsp3) is 0.565. The third kappa shape index (κ3) is 7.84. The molecule has 8 nitrogen and oxygen atoms in total. The molecule has 3 amide bonds. The summed E-state index contributed by atoms with van der Waals surface area (Å²) in [6.07, 6.45) is 6.98. The Balaban J connectivity index is 0.000000380. The molecule has 1 saturated heterocycles. The average molecular weight is 447 g/mol. The third-order valence-corrected chi connectivity index (χ3v) is 4.85. The van der Waals surface area contributed by atoms with Gasteiger partial charge in [0.2, 0.25) is 5.91 Å². The number of hydrogen-bond acceptors (Lipinski definition) is 5. The molecule has 2 heterocycles. The third-order valence-electron chi connectivity index (χ3n) is 4.85. The minimum Gasteiger partial charge on any atom is -0.463 e. The molecule has 0 saturated carbocycles. The maximum atomic E-state index is 12.2. The second-order valence-corrected chi connectivity index (χ2v) is 7.72. The lowest BCUT2D eigenvalue weighted by Gasteiger charge is -2.24. The highest BCUT2D eigenvalue weighted by molar-refractivity contribution is 5.96. The minimum absolute atomic E-state index is 0.121. The lowest BCUT2D eigenvalue weighted by Crippen LogP contribution is -2.45. The number of nitrogens with zero attached hydrogens (tertiary/aromatic N) is 3. The van der Waals surface area contributed by atoms with Crippen molar-refractivity contribution in [1.29, 1.82) is 0 Å². The van der Waals surface area contributed by atoms with Crippen molar-refractivity contribution in [3.05, 3.63) is 24.1 Å². The number of likely N-dealkylation sites (tertiary alicyclic amines) is 1. The number of allylic oxidation sites excluding steroid dienone is 4. The lowest BCUT2D eigenvalue weighted by molar-refractivity contribution is -0.147. The molecule has 1 N–H and O–H groups in total. The van der Waals surface area contributed by atoms with Crippen LogP contribution in [0.4, 0.5) is 9.18 Å². The second-order valence-electron chi connectivity index (χ2n) is 7.72. The number of ether oxygens (including phenoxy) is 1. The van der Waals surface area contributed by atoms with E-state index in [4.69, 9.17) is 4.74 Å². The van der Waals surface area contributed by atoms with Gasteiger partial charge < -0.3 is 15.0 Å². The first-order valence-corrected chi connectivity index (χ1v) is 10.9. The first-order valence-electron chi connectivity index (χ1n) is 10.9. The molecular formula is C23H31FN4O4. The first kappa shape index (κ1) is 25.1. The van der Waals surface area contributed by atoms with E-state index in [0.717, 1.165) is 18.7 Å². The first-order chi connectivity index (χ1) is 15.3. The molecule has 3 aliphatic rings. The van der Waals surface area contributed by atoms with Gasteiger partial charge in [-0.2, -0.15) is 5.10 Å². The van der Waals surface area contributed by atoms with E-state index in [1.165, 1.54) is 11.1 Å². The van der Waals surface area contributed by atoms with Gasteiger partial charge in [0.05, 0.1) is 37.2 Å². The van der Waals surface area contributed by atoms with Crippen LogP contribution in [0.25, 0.3) is 0 Å². The molecule has 3 rings (SSSR count). The summed E-state index contributed by atoms with van der Waals surface area (Å²) in [4.78, 5) is 37.4. The molecule has 0 aromatic carbocycles. The van der Waals surface area contributed by atoms with Crippen molar-refractivity contribution in [2.75, 3.05) is 19.6 Å². The summed E-state index contributed by atoms with van der Waals surface area (Å²) in [6.45, 7) is 6.82. The highest BCUT2D eigenvalue weighted by atomic mass is 19.1. The van der Waals surface area contributed by atoms with Crippen molar-refractivity contribution in [2.24, 2.45) is 5.10 Å². The number of nitrogens with one attached hydrogen (secondary N) is 1. The number of hydrazone groups is 1. The fourth-order valence-electron chi connectivity index (χ4n) is 3.38. The zero-order chi connectivity index (χ0) is 23.5. The molecule has 1 aliphatic carbocycles. The average Bonchev–Trinajstić information content (AvgIpc) is 3.28. The number of carbonyl (C=O) groups is 3. The van der Waals surface area contributed by atoms with E-state index in [0.29, 0.717) is 19.4 Å². The Morgan fingerprint density at radius 2 is 2.19 bits per heavy atom. The number of rotatable bonds is 6.